The lowest BCUT2D eigenvalue weighted by Gasteiger charge is -2.15. The van der Waals surface area contributed by atoms with E-state index in [1.165, 1.54) is 0 Å². The van der Waals surface area contributed by atoms with Gasteiger partial charge in [-0.25, -0.2) is 0 Å². The van der Waals surface area contributed by atoms with E-state index in [1.807, 2.05) is 13.0 Å². The van der Waals surface area contributed by atoms with E-state index in [9.17, 15) is 0 Å². The summed E-state index contributed by atoms with van der Waals surface area (Å²) in [5.41, 5.74) is 0.788. The molecule has 0 radical (unpaired) electrons. The first-order valence-electron chi connectivity index (χ1n) is 4.42. The summed E-state index contributed by atoms with van der Waals surface area (Å²) in [4.78, 5) is 0. The zero-order valence-corrected chi connectivity index (χ0v) is 11.2. The number of halogens is 4. The third-order valence-corrected chi connectivity index (χ3v) is 3.76. The van der Waals surface area contributed by atoms with Crippen molar-refractivity contribution >= 4 is 46.4 Å². The average molecular weight is 284 g/mol. The van der Waals surface area contributed by atoms with Gasteiger partial charge in [-0.1, -0.05) is 59.4 Å². The minimum atomic E-state index is 0.152. The fraction of sp³-hybridized carbons (Fsp3) is 0.273. The molecule has 1 aromatic carbocycles. The van der Waals surface area contributed by atoms with E-state index in [2.05, 4.69) is 6.58 Å². The molecule has 1 atom stereocenters. The summed E-state index contributed by atoms with van der Waals surface area (Å²) in [5, 5.41) is 1.80. The van der Waals surface area contributed by atoms with Crippen molar-refractivity contribution in [2.75, 3.05) is 0 Å². The molecule has 0 saturated carbocycles. The molecule has 0 fully saturated rings. The molecule has 1 unspecified atom stereocenters. The Morgan fingerprint density at radius 1 is 1.20 bits per heavy atom. The fourth-order valence-corrected chi connectivity index (χ4v) is 2.59. The van der Waals surface area contributed by atoms with Crippen LogP contribution >= 0.6 is 46.4 Å². The number of allylic oxidation sites excluding steroid dienone is 1. The van der Waals surface area contributed by atoms with Crippen LogP contribution in [0.3, 0.4) is 0 Å². The van der Waals surface area contributed by atoms with Gasteiger partial charge >= 0.3 is 0 Å². The van der Waals surface area contributed by atoms with Gasteiger partial charge in [0, 0.05) is 0 Å². The van der Waals surface area contributed by atoms with Crippen LogP contribution in [0.2, 0.25) is 20.1 Å². The van der Waals surface area contributed by atoms with Gasteiger partial charge in [0.05, 0.1) is 20.1 Å². The van der Waals surface area contributed by atoms with E-state index in [0.717, 1.165) is 12.0 Å². The topological polar surface area (TPSA) is 0 Å². The summed E-state index contributed by atoms with van der Waals surface area (Å²) in [6.45, 7) is 5.68. The summed E-state index contributed by atoms with van der Waals surface area (Å²) < 4.78 is 0. The predicted molar refractivity (Wildman–Crippen MR) is 69.7 cm³/mol. The van der Waals surface area contributed by atoms with E-state index in [4.69, 9.17) is 46.4 Å². The maximum Gasteiger partial charge on any atom is 0.0643 e. The van der Waals surface area contributed by atoms with E-state index in [0.29, 0.717) is 20.1 Å². The minimum absolute atomic E-state index is 0.152. The van der Waals surface area contributed by atoms with E-state index in [1.54, 1.807) is 6.07 Å². The smallest absolute Gasteiger partial charge is 0.0643 e. The molecule has 0 N–H and O–H groups in total. The van der Waals surface area contributed by atoms with Gasteiger partial charge < -0.3 is 0 Å². The number of benzene rings is 1. The number of hydrogen-bond donors (Lipinski definition) is 0. The van der Waals surface area contributed by atoms with Gasteiger partial charge in [0.15, 0.2) is 0 Å². The lowest BCUT2D eigenvalue weighted by atomic mass is 9.98. The van der Waals surface area contributed by atoms with Crippen molar-refractivity contribution in [1.29, 1.82) is 0 Å². The molecule has 0 aromatic heterocycles. The molecule has 0 aliphatic rings. The lowest BCUT2D eigenvalue weighted by molar-refractivity contribution is 0.782. The monoisotopic (exact) mass is 282 g/mol. The Balaban J connectivity index is 3.31. The van der Waals surface area contributed by atoms with Crippen LogP contribution in [-0.4, -0.2) is 0 Å². The zero-order chi connectivity index (χ0) is 11.6. The Bertz CT molecular complexity index is 358. The van der Waals surface area contributed by atoms with Crippen molar-refractivity contribution in [2.45, 2.75) is 19.3 Å². The highest BCUT2D eigenvalue weighted by molar-refractivity contribution is 6.48. The average Bonchev–Trinajstić information content (AvgIpc) is 2.16. The van der Waals surface area contributed by atoms with Crippen molar-refractivity contribution in [3.05, 3.63) is 44.4 Å². The van der Waals surface area contributed by atoms with Crippen molar-refractivity contribution in [3.8, 4) is 0 Å². The summed E-state index contributed by atoms with van der Waals surface area (Å²) in [5.74, 6) is 0.152. The maximum atomic E-state index is 6.09. The molecule has 0 aliphatic heterocycles. The second-order valence-electron chi connectivity index (χ2n) is 3.31. The third kappa shape index (κ3) is 2.82. The number of hydrogen-bond acceptors (Lipinski definition) is 0. The molecular formula is C11H10Cl4. The molecule has 0 heterocycles. The van der Waals surface area contributed by atoms with Crippen LogP contribution in [0.5, 0.6) is 0 Å². The molecule has 1 aromatic rings. The van der Waals surface area contributed by atoms with Gasteiger partial charge in [-0.3, -0.25) is 0 Å². The Kier molecular flexibility index (Phi) is 4.79. The third-order valence-electron chi connectivity index (χ3n) is 2.16. The van der Waals surface area contributed by atoms with Gasteiger partial charge in [-0.05, 0) is 24.0 Å². The first-order valence-corrected chi connectivity index (χ1v) is 5.94. The highest BCUT2D eigenvalue weighted by Gasteiger charge is 2.18. The molecule has 4 heteroatoms. The van der Waals surface area contributed by atoms with E-state index in [-0.39, 0.29) is 5.92 Å². The summed E-state index contributed by atoms with van der Waals surface area (Å²) in [6.07, 6.45) is 2.59. The Labute approximate surface area is 110 Å². The highest BCUT2D eigenvalue weighted by atomic mass is 35.5. The van der Waals surface area contributed by atoms with Crippen LogP contribution in [0.15, 0.2) is 18.7 Å². The highest BCUT2D eigenvalue weighted by Crippen LogP contribution is 2.41. The van der Waals surface area contributed by atoms with Gasteiger partial charge in [-0.15, -0.1) is 6.58 Å². The lowest BCUT2D eigenvalue weighted by Crippen LogP contribution is -1.96. The molecular weight excluding hydrogens is 274 g/mol. The van der Waals surface area contributed by atoms with Gasteiger partial charge in [-0.2, -0.15) is 0 Å². The first kappa shape index (κ1) is 13.2. The van der Waals surface area contributed by atoms with Crippen LogP contribution in [0.4, 0.5) is 0 Å². The van der Waals surface area contributed by atoms with E-state index >= 15 is 0 Å². The van der Waals surface area contributed by atoms with Gasteiger partial charge in [0.25, 0.3) is 0 Å². The summed E-state index contributed by atoms with van der Waals surface area (Å²) in [6, 6.07) is 1.55. The molecule has 82 valence electrons. The van der Waals surface area contributed by atoms with Crippen LogP contribution in [-0.2, 0) is 0 Å². The van der Waals surface area contributed by atoms with Crippen molar-refractivity contribution < 1.29 is 0 Å². The van der Waals surface area contributed by atoms with E-state index < -0.39 is 0 Å². The maximum absolute atomic E-state index is 6.09. The second-order valence-corrected chi connectivity index (χ2v) is 4.88. The Hall–Kier alpha value is 0.120. The standard InChI is InChI=1S/C11H10Cl4/c1-3-4-6(2)9-10(14)7(12)5-8(13)11(9)15/h3,5-6H,1,4H2,2H3. The summed E-state index contributed by atoms with van der Waals surface area (Å²) in [7, 11) is 0. The largest absolute Gasteiger partial charge is 0.103 e. The Morgan fingerprint density at radius 2 is 1.67 bits per heavy atom. The molecule has 0 aliphatic carbocycles. The molecule has 1 rings (SSSR count). The normalized spacial score (nSPS) is 12.6. The Morgan fingerprint density at radius 3 is 2.07 bits per heavy atom. The molecule has 0 bridgehead atoms. The number of rotatable bonds is 3. The van der Waals surface area contributed by atoms with Gasteiger partial charge in [0.1, 0.15) is 0 Å². The van der Waals surface area contributed by atoms with Crippen LogP contribution in [0.1, 0.15) is 24.8 Å². The van der Waals surface area contributed by atoms with Crippen LogP contribution in [0.25, 0.3) is 0 Å². The zero-order valence-electron chi connectivity index (χ0n) is 8.16. The minimum Gasteiger partial charge on any atom is -0.103 e. The molecule has 0 nitrogen and oxygen atoms in total. The SMILES string of the molecule is C=CCC(C)c1c(Cl)c(Cl)cc(Cl)c1Cl. The molecule has 0 saturated heterocycles. The van der Waals surface area contributed by atoms with Crippen LogP contribution in [0, 0.1) is 0 Å². The van der Waals surface area contributed by atoms with Crippen LogP contribution < -0.4 is 0 Å². The first-order chi connectivity index (χ1) is 6.99. The van der Waals surface area contributed by atoms with Gasteiger partial charge in [0.2, 0.25) is 0 Å². The molecule has 0 amide bonds. The second kappa shape index (κ2) is 5.45. The van der Waals surface area contributed by atoms with Crippen molar-refractivity contribution in [2.24, 2.45) is 0 Å². The fourth-order valence-electron chi connectivity index (χ4n) is 1.39. The summed E-state index contributed by atoms with van der Waals surface area (Å²) >= 11 is 24.1. The predicted octanol–water partition coefficient (Wildman–Crippen LogP) is 5.98. The van der Waals surface area contributed by atoms with Crippen molar-refractivity contribution in [1.82, 2.24) is 0 Å². The molecule has 15 heavy (non-hydrogen) atoms. The molecule has 0 spiro atoms. The quantitative estimate of drug-likeness (QED) is 0.473. The van der Waals surface area contributed by atoms with Crippen molar-refractivity contribution in [3.63, 3.8) is 0 Å².